The molecule has 3 heterocycles. The van der Waals surface area contributed by atoms with Crippen molar-refractivity contribution < 1.29 is 23.1 Å². The molecule has 174 valence electrons. The van der Waals surface area contributed by atoms with Crippen molar-refractivity contribution >= 4 is 16.9 Å². The Balaban J connectivity index is 1.54. The second-order valence-corrected chi connectivity index (χ2v) is 9.25. The number of nitrogens with zero attached hydrogens (tertiary/aromatic N) is 3. The molecule has 1 saturated heterocycles. The predicted octanol–water partition coefficient (Wildman–Crippen LogP) is 5.54. The van der Waals surface area contributed by atoms with Crippen molar-refractivity contribution in [3.63, 3.8) is 0 Å². The fourth-order valence-corrected chi connectivity index (χ4v) is 5.33. The molecule has 1 aliphatic heterocycles. The van der Waals surface area contributed by atoms with Gasteiger partial charge in [-0.15, -0.1) is 0 Å². The molecule has 5 rings (SSSR count). The third-order valence-electron chi connectivity index (χ3n) is 7.23. The monoisotopic (exact) mass is 458 g/mol. The number of carbonyl (C=O) groups excluding carboxylic acids is 1. The second kappa shape index (κ2) is 8.04. The van der Waals surface area contributed by atoms with Crippen LogP contribution in [0.5, 0.6) is 5.75 Å². The van der Waals surface area contributed by atoms with Gasteiger partial charge in [0.2, 0.25) is 0 Å². The number of amides is 1. The molecule has 0 bridgehead atoms. The highest BCUT2D eigenvalue weighted by Gasteiger charge is 2.40. The molecule has 0 unspecified atom stereocenters. The van der Waals surface area contributed by atoms with Crippen molar-refractivity contribution in [2.24, 2.45) is 5.41 Å². The summed E-state index contributed by atoms with van der Waals surface area (Å²) in [5.41, 5.74) is -0.105. The van der Waals surface area contributed by atoms with Crippen LogP contribution in [0.1, 0.15) is 61.0 Å². The quantitative estimate of drug-likeness (QED) is 0.529. The highest BCUT2D eigenvalue weighted by atomic mass is 19.4. The molecule has 6 nitrogen and oxygen atoms in total. The van der Waals surface area contributed by atoms with Crippen LogP contribution in [0.25, 0.3) is 22.3 Å². The van der Waals surface area contributed by atoms with Crippen LogP contribution in [0.4, 0.5) is 13.2 Å². The lowest BCUT2D eigenvalue weighted by Crippen LogP contribution is -2.44. The largest absolute Gasteiger partial charge is 0.508 e. The van der Waals surface area contributed by atoms with Crippen LogP contribution in [0, 0.1) is 5.41 Å². The molecule has 0 atom stereocenters. The van der Waals surface area contributed by atoms with E-state index in [1.807, 2.05) is 5.10 Å². The average Bonchev–Trinajstić information content (AvgIpc) is 3.24. The lowest BCUT2D eigenvalue weighted by Gasteiger charge is -2.44. The Kier molecular flexibility index (Phi) is 5.29. The molecule has 1 spiro atoms. The van der Waals surface area contributed by atoms with Gasteiger partial charge in [-0.2, -0.15) is 18.3 Å². The summed E-state index contributed by atoms with van der Waals surface area (Å²) in [4.78, 5) is 19.5. The third kappa shape index (κ3) is 4.05. The second-order valence-electron chi connectivity index (χ2n) is 9.25. The molecule has 2 N–H and O–H groups in total. The number of alkyl halides is 3. The standard InChI is InChI=1S/C24H25F3N4O2/c25-24(26,27)20-19-17(22(33)31-12-10-23(11-13-31)8-2-1-3-9-23)14-18(28-21(19)30-29-20)15-4-6-16(32)7-5-15/h4-7,14,32H,1-3,8-13H2,(H,28,29,30). The number of halogens is 3. The number of aromatic amines is 1. The lowest BCUT2D eigenvalue weighted by atomic mass is 9.68. The summed E-state index contributed by atoms with van der Waals surface area (Å²) in [5.74, 6) is -0.375. The number of rotatable bonds is 2. The maximum absolute atomic E-state index is 13.7. The molecule has 1 amide bonds. The van der Waals surface area contributed by atoms with Gasteiger partial charge < -0.3 is 10.0 Å². The van der Waals surface area contributed by atoms with Crippen molar-refractivity contribution in [1.29, 1.82) is 0 Å². The molecule has 2 aromatic heterocycles. The van der Waals surface area contributed by atoms with Gasteiger partial charge in [0, 0.05) is 18.7 Å². The smallest absolute Gasteiger partial charge is 0.433 e. The van der Waals surface area contributed by atoms with Crippen LogP contribution in [0.3, 0.4) is 0 Å². The molecule has 0 radical (unpaired) electrons. The SMILES string of the molecule is O=C(c1cc(-c2ccc(O)cc2)nc2n[nH]c(C(F)(F)F)c12)N1CCC2(CCCCC2)CC1. The number of phenolic OH excluding ortho intramolecular Hbond substituents is 1. The number of phenols is 1. The Morgan fingerprint density at radius 2 is 1.70 bits per heavy atom. The van der Waals surface area contributed by atoms with Gasteiger partial charge >= 0.3 is 6.18 Å². The van der Waals surface area contributed by atoms with Crippen LogP contribution in [-0.2, 0) is 6.18 Å². The topological polar surface area (TPSA) is 82.1 Å². The number of aromatic nitrogens is 3. The number of carbonyl (C=O) groups is 1. The summed E-state index contributed by atoms with van der Waals surface area (Å²) >= 11 is 0. The number of benzene rings is 1. The van der Waals surface area contributed by atoms with Gasteiger partial charge in [0.05, 0.1) is 16.6 Å². The van der Waals surface area contributed by atoms with E-state index in [2.05, 4.69) is 10.1 Å². The number of hydrogen-bond donors (Lipinski definition) is 2. The van der Waals surface area contributed by atoms with Crippen molar-refractivity contribution in [3.05, 3.63) is 41.6 Å². The molecule has 33 heavy (non-hydrogen) atoms. The number of hydrogen-bond acceptors (Lipinski definition) is 4. The lowest BCUT2D eigenvalue weighted by molar-refractivity contribution is -0.139. The Morgan fingerprint density at radius 3 is 2.33 bits per heavy atom. The fourth-order valence-electron chi connectivity index (χ4n) is 5.33. The van der Waals surface area contributed by atoms with Gasteiger partial charge in [-0.25, -0.2) is 4.98 Å². The van der Waals surface area contributed by atoms with Gasteiger partial charge in [-0.1, -0.05) is 19.3 Å². The Labute approximate surface area is 188 Å². The first-order chi connectivity index (χ1) is 15.8. The van der Waals surface area contributed by atoms with E-state index in [0.29, 0.717) is 24.3 Å². The summed E-state index contributed by atoms with van der Waals surface area (Å²) in [7, 11) is 0. The van der Waals surface area contributed by atoms with Crippen molar-refractivity contribution in [1.82, 2.24) is 20.1 Å². The van der Waals surface area contributed by atoms with Crippen LogP contribution in [-0.4, -0.2) is 44.2 Å². The first-order valence-corrected chi connectivity index (χ1v) is 11.3. The summed E-state index contributed by atoms with van der Waals surface area (Å²) in [5, 5.41) is 15.1. The van der Waals surface area contributed by atoms with E-state index in [4.69, 9.17) is 0 Å². The third-order valence-corrected chi connectivity index (χ3v) is 7.23. The molecule has 1 saturated carbocycles. The van der Waals surface area contributed by atoms with Gasteiger partial charge in [-0.3, -0.25) is 9.89 Å². The van der Waals surface area contributed by atoms with Gasteiger partial charge in [0.25, 0.3) is 5.91 Å². The number of nitrogens with one attached hydrogen (secondary N) is 1. The maximum Gasteiger partial charge on any atom is 0.433 e. The molecule has 9 heteroatoms. The molecule has 1 aliphatic carbocycles. The molecular weight excluding hydrogens is 433 g/mol. The first kappa shape index (κ1) is 21.7. The molecule has 3 aromatic rings. The number of piperidine rings is 1. The number of likely N-dealkylation sites (tertiary alicyclic amines) is 1. The van der Waals surface area contributed by atoms with Gasteiger partial charge in [-0.05, 0) is 61.4 Å². The number of fused-ring (bicyclic) bond motifs is 1. The van der Waals surface area contributed by atoms with Crippen LogP contribution in [0.15, 0.2) is 30.3 Å². The Morgan fingerprint density at radius 1 is 1.03 bits per heavy atom. The molecular formula is C24H25F3N4O2. The van der Waals surface area contributed by atoms with Crippen LogP contribution in [0.2, 0.25) is 0 Å². The summed E-state index contributed by atoms with van der Waals surface area (Å²) < 4.78 is 41.1. The van der Waals surface area contributed by atoms with E-state index < -0.39 is 17.8 Å². The number of pyridine rings is 1. The zero-order valence-electron chi connectivity index (χ0n) is 18.1. The highest BCUT2D eigenvalue weighted by Crippen LogP contribution is 2.45. The summed E-state index contributed by atoms with van der Waals surface area (Å²) in [6.45, 7) is 1.08. The van der Waals surface area contributed by atoms with Crippen LogP contribution >= 0.6 is 0 Å². The molecule has 2 fully saturated rings. The minimum atomic E-state index is -4.69. The average molecular weight is 458 g/mol. The van der Waals surface area contributed by atoms with E-state index in [1.165, 1.54) is 50.3 Å². The zero-order chi connectivity index (χ0) is 23.2. The fraction of sp³-hybridized carbons (Fsp3) is 0.458. The van der Waals surface area contributed by atoms with E-state index in [9.17, 15) is 23.1 Å². The highest BCUT2D eigenvalue weighted by molar-refractivity contribution is 6.07. The predicted molar refractivity (Wildman–Crippen MR) is 117 cm³/mol. The van der Waals surface area contributed by atoms with E-state index in [0.717, 1.165) is 12.8 Å². The van der Waals surface area contributed by atoms with E-state index in [-0.39, 0.29) is 27.8 Å². The van der Waals surface area contributed by atoms with E-state index >= 15 is 0 Å². The molecule has 2 aliphatic rings. The minimum Gasteiger partial charge on any atom is -0.508 e. The van der Waals surface area contributed by atoms with Crippen molar-refractivity contribution in [2.45, 2.75) is 51.1 Å². The summed E-state index contributed by atoms with van der Waals surface area (Å²) in [6.07, 6.45) is 3.07. The summed E-state index contributed by atoms with van der Waals surface area (Å²) in [6, 6.07) is 7.53. The first-order valence-electron chi connectivity index (χ1n) is 11.3. The van der Waals surface area contributed by atoms with Crippen LogP contribution < -0.4 is 0 Å². The van der Waals surface area contributed by atoms with Gasteiger partial charge in [0.15, 0.2) is 5.65 Å². The van der Waals surface area contributed by atoms with E-state index in [1.54, 1.807) is 17.0 Å². The number of H-pyrrole nitrogens is 1. The zero-order valence-corrected chi connectivity index (χ0v) is 18.1. The minimum absolute atomic E-state index is 0.0521. The Hall–Kier alpha value is -3.10. The Bertz CT molecular complexity index is 1170. The van der Waals surface area contributed by atoms with Crippen molar-refractivity contribution in [2.75, 3.05) is 13.1 Å². The molecule has 1 aromatic carbocycles. The normalized spacial score (nSPS) is 18.7. The number of aromatic hydroxyl groups is 1. The van der Waals surface area contributed by atoms with Crippen molar-refractivity contribution in [3.8, 4) is 17.0 Å². The van der Waals surface area contributed by atoms with Gasteiger partial charge in [0.1, 0.15) is 11.4 Å². The maximum atomic E-state index is 13.7.